The van der Waals surface area contributed by atoms with Crippen molar-refractivity contribution < 1.29 is 4.79 Å². The number of carbonyl (C=O) groups excluding carboxylic acids is 1. The summed E-state index contributed by atoms with van der Waals surface area (Å²) < 4.78 is 1.13. The maximum atomic E-state index is 11.9. The zero-order valence-electron chi connectivity index (χ0n) is 9.15. The number of thiophene rings is 1. The molecule has 0 atom stereocenters. The fourth-order valence-corrected chi connectivity index (χ4v) is 2.61. The Hall–Kier alpha value is -1.32. The number of alkyl halides is 1. The van der Waals surface area contributed by atoms with Gasteiger partial charge in [0.2, 0.25) is 0 Å². The Kier molecular flexibility index (Phi) is 4.18. The molecule has 0 aliphatic heterocycles. The summed E-state index contributed by atoms with van der Waals surface area (Å²) >= 11 is 7.08. The number of allylic oxidation sites excluding steroid dienone is 1. The summed E-state index contributed by atoms with van der Waals surface area (Å²) in [5.41, 5.74) is 0.741. The molecular formula is C13H12ClNOS. The molecule has 2 aromatic rings. The van der Waals surface area contributed by atoms with Gasteiger partial charge in [-0.3, -0.25) is 4.79 Å². The molecule has 1 heterocycles. The molecule has 0 saturated carbocycles. The quantitative estimate of drug-likeness (QED) is 0.666. The molecule has 0 aliphatic rings. The fourth-order valence-electron chi connectivity index (χ4n) is 1.55. The second-order valence-electron chi connectivity index (χ2n) is 3.48. The minimum absolute atomic E-state index is 0.0401. The number of halogens is 1. The van der Waals surface area contributed by atoms with Crippen LogP contribution in [0.3, 0.4) is 0 Å². The predicted octanol–water partition coefficient (Wildman–Crippen LogP) is 3.43. The normalized spacial score (nSPS) is 11.1. The van der Waals surface area contributed by atoms with Gasteiger partial charge < -0.3 is 5.32 Å². The van der Waals surface area contributed by atoms with Crippen LogP contribution in [-0.2, 0) is 0 Å². The number of hydrogen-bond acceptors (Lipinski definition) is 2. The van der Waals surface area contributed by atoms with Gasteiger partial charge in [-0.25, -0.2) is 0 Å². The Labute approximate surface area is 109 Å². The number of rotatable bonds is 4. The average molecular weight is 266 g/mol. The van der Waals surface area contributed by atoms with Crippen LogP contribution in [0.5, 0.6) is 0 Å². The minimum Gasteiger partial charge on any atom is -0.349 e. The maximum absolute atomic E-state index is 11.9. The van der Waals surface area contributed by atoms with Crippen LogP contribution in [0.1, 0.15) is 10.4 Å². The van der Waals surface area contributed by atoms with E-state index in [9.17, 15) is 4.79 Å². The molecule has 2 rings (SSSR count). The van der Waals surface area contributed by atoms with Gasteiger partial charge in [0.15, 0.2) is 0 Å². The van der Waals surface area contributed by atoms with Crippen molar-refractivity contribution in [1.82, 2.24) is 5.32 Å². The molecular weight excluding hydrogens is 254 g/mol. The summed E-state index contributed by atoms with van der Waals surface area (Å²) in [6.07, 6.45) is 3.66. The first-order valence-corrected chi connectivity index (χ1v) is 6.69. The standard InChI is InChI=1S/C13H12ClNOS/c14-7-3-4-8-15-13(16)11-9-17-12-6-2-1-5-10(11)12/h1-6,9H,7-8H2,(H,15,16)/b4-3+. The zero-order valence-corrected chi connectivity index (χ0v) is 10.7. The van der Waals surface area contributed by atoms with E-state index in [-0.39, 0.29) is 5.91 Å². The summed E-state index contributed by atoms with van der Waals surface area (Å²) in [6, 6.07) is 7.91. The number of carbonyl (C=O) groups is 1. The second-order valence-corrected chi connectivity index (χ2v) is 4.70. The number of nitrogens with one attached hydrogen (secondary N) is 1. The Balaban J connectivity index is 2.11. The SMILES string of the molecule is O=C(NC/C=C/CCl)c1csc2ccccc12. The van der Waals surface area contributed by atoms with E-state index in [1.54, 1.807) is 11.3 Å². The van der Waals surface area contributed by atoms with Crippen LogP contribution in [0.25, 0.3) is 10.1 Å². The van der Waals surface area contributed by atoms with Crippen LogP contribution < -0.4 is 5.32 Å². The first-order valence-electron chi connectivity index (χ1n) is 5.28. The smallest absolute Gasteiger partial charge is 0.253 e. The molecule has 1 aromatic carbocycles. The summed E-state index contributed by atoms with van der Waals surface area (Å²) in [7, 11) is 0. The number of benzene rings is 1. The number of fused-ring (bicyclic) bond motifs is 1. The Morgan fingerprint density at radius 1 is 1.35 bits per heavy atom. The van der Waals surface area contributed by atoms with E-state index in [4.69, 9.17) is 11.6 Å². The lowest BCUT2D eigenvalue weighted by Crippen LogP contribution is -2.22. The highest BCUT2D eigenvalue weighted by Gasteiger charge is 2.10. The fraction of sp³-hybridized carbons (Fsp3) is 0.154. The van der Waals surface area contributed by atoms with Crippen molar-refractivity contribution in [3.63, 3.8) is 0 Å². The highest BCUT2D eigenvalue weighted by atomic mass is 35.5. The van der Waals surface area contributed by atoms with Gasteiger partial charge in [-0.2, -0.15) is 0 Å². The molecule has 4 heteroatoms. The van der Waals surface area contributed by atoms with Gasteiger partial charge in [0.05, 0.1) is 5.56 Å². The molecule has 0 spiro atoms. The molecule has 1 N–H and O–H groups in total. The molecule has 0 fully saturated rings. The van der Waals surface area contributed by atoms with Gasteiger partial charge in [-0.05, 0) is 6.07 Å². The lowest BCUT2D eigenvalue weighted by atomic mass is 10.1. The zero-order chi connectivity index (χ0) is 12.1. The lowest BCUT2D eigenvalue weighted by Gasteiger charge is -2.00. The monoisotopic (exact) mass is 265 g/mol. The van der Waals surface area contributed by atoms with E-state index in [0.29, 0.717) is 12.4 Å². The van der Waals surface area contributed by atoms with Gasteiger partial charge in [-0.15, -0.1) is 22.9 Å². The third-order valence-electron chi connectivity index (χ3n) is 2.36. The Morgan fingerprint density at radius 2 is 2.18 bits per heavy atom. The predicted molar refractivity (Wildman–Crippen MR) is 74.0 cm³/mol. The van der Waals surface area contributed by atoms with Gasteiger partial charge in [0, 0.05) is 27.9 Å². The third kappa shape index (κ3) is 2.87. The van der Waals surface area contributed by atoms with Crippen molar-refractivity contribution in [2.75, 3.05) is 12.4 Å². The van der Waals surface area contributed by atoms with E-state index < -0.39 is 0 Å². The summed E-state index contributed by atoms with van der Waals surface area (Å²) in [5, 5.41) is 5.74. The van der Waals surface area contributed by atoms with Crippen LogP contribution in [0, 0.1) is 0 Å². The van der Waals surface area contributed by atoms with Crippen LogP contribution in [0.15, 0.2) is 41.8 Å². The van der Waals surface area contributed by atoms with Gasteiger partial charge in [-0.1, -0.05) is 30.4 Å². The van der Waals surface area contributed by atoms with Crippen molar-refractivity contribution >= 4 is 38.9 Å². The van der Waals surface area contributed by atoms with E-state index in [1.807, 2.05) is 41.8 Å². The first-order chi connectivity index (χ1) is 8.33. The average Bonchev–Trinajstić information content (AvgIpc) is 2.78. The first kappa shape index (κ1) is 12.1. The molecule has 0 saturated heterocycles. The Bertz CT molecular complexity index is 547. The molecule has 17 heavy (non-hydrogen) atoms. The molecule has 0 radical (unpaired) electrons. The summed E-state index contributed by atoms with van der Waals surface area (Å²) in [6.45, 7) is 0.510. The van der Waals surface area contributed by atoms with Crippen molar-refractivity contribution in [3.05, 3.63) is 47.4 Å². The molecule has 0 unspecified atom stereocenters. The van der Waals surface area contributed by atoms with E-state index >= 15 is 0 Å². The molecule has 0 aliphatic carbocycles. The minimum atomic E-state index is -0.0401. The lowest BCUT2D eigenvalue weighted by molar-refractivity contribution is 0.0960. The van der Waals surface area contributed by atoms with Crippen molar-refractivity contribution in [2.24, 2.45) is 0 Å². The van der Waals surface area contributed by atoms with Gasteiger partial charge >= 0.3 is 0 Å². The molecule has 1 amide bonds. The topological polar surface area (TPSA) is 29.1 Å². The summed E-state index contributed by atoms with van der Waals surface area (Å²) in [4.78, 5) is 11.9. The van der Waals surface area contributed by atoms with Gasteiger partial charge in [0.25, 0.3) is 5.91 Å². The van der Waals surface area contributed by atoms with Crippen LogP contribution in [-0.4, -0.2) is 18.3 Å². The van der Waals surface area contributed by atoms with Gasteiger partial charge in [0.1, 0.15) is 0 Å². The number of amides is 1. The van der Waals surface area contributed by atoms with Crippen molar-refractivity contribution in [1.29, 1.82) is 0 Å². The van der Waals surface area contributed by atoms with Crippen LogP contribution >= 0.6 is 22.9 Å². The Morgan fingerprint density at radius 3 is 3.00 bits per heavy atom. The van der Waals surface area contributed by atoms with E-state index in [0.717, 1.165) is 15.6 Å². The molecule has 1 aromatic heterocycles. The largest absolute Gasteiger partial charge is 0.349 e. The molecule has 0 bridgehead atoms. The third-order valence-corrected chi connectivity index (χ3v) is 3.50. The van der Waals surface area contributed by atoms with Crippen LogP contribution in [0.4, 0.5) is 0 Å². The van der Waals surface area contributed by atoms with E-state index in [1.165, 1.54) is 0 Å². The van der Waals surface area contributed by atoms with Crippen molar-refractivity contribution in [3.8, 4) is 0 Å². The highest BCUT2D eigenvalue weighted by Crippen LogP contribution is 2.25. The molecule has 2 nitrogen and oxygen atoms in total. The van der Waals surface area contributed by atoms with Crippen LogP contribution in [0.2, 0.25) is 0 Å². The maximum Gasteiger partial charge on any atom is 0.253 e. The number of hydrogen-bond donors (Lipinski definition) is 1. The second kappa shape index (κ2) is 5.84. The van der Waals surface area contributed by atoms with Crippen molar-refractivity contribution in [2.45, 2.75) is 0 Å². The highest BCUT2D eigenvalue weighted by molar-refractivity contribution is 7.17. The van der Waals surface area contributed by atoms with E-state index in [2.05, 4.69) is 5.32 Å². The molecule has 88 valence electrons. The summed E-state index contributed by atoms with van der Waals surface area (Å²) in [5.74, 6) is 0.429.